The summed E-state index contributed by atoms with van der Waals surface area (Å²) in [7, 11) is 1.61. The normalized spacial score (nSPS) is 10.2. The molecule has 2 aromatic rings. The fraction of sp³-hybridized carbons (Fsp3) is 0.0667. The lowest BCUT2D eigenvalue weighted by Gasteiger charge is -2.05. The average molecular weight is 286 g/mol. The molecule has 5 heteroatoms. The first-order valence-electron chi connectivity index (χ1n) is 5.99. The van der Waals surface area contributed by atoms with Crippen molar-refractivity contribution < 1.29 is 9.57 Å². The Morgan fingerprint density at radius 2 is 1.80 bits per heavy atom. The summed E-state index contributed by atoms with van der Waals surface area (Å²) in [5.74, 6) is 0.724. The van der Waals surface area contributed by atoms with Crippen LogP contribution in [-0.4, -0.2) is 18.5 Å². The molecule has 0 unspecified atom stereocenters. The summed E-state index contributed by atoms with van der Waals surface area (Å²) < 4.78 is 5.20. The Morgan fingerprint density at radius 3 is 2.55 bits per heavy atom. The van der Waals surface area contributed by atoms with E-state index in [1.165, 1.54) is 0 Å². The highest BCUT2D eigenvalue weighted by molar-refractivity contribution is 7.80. The number of anilines is 1. The van der Waals surface area contributed by atoms with Crippen LogP contribution in [0.5, 0.6) is 5.75 Å². The minimum atomic E-state index is 0.183. The van der Waals surface area contributed by atoms with E-state index in [-0.39, 0.29) is 5.17 Å². The Morgan fingerprint density at radius 1 is 1.10 bits per heavy atom. The Kier molecular flexibility index (Phi) is 5.08. The highest BCUT2D eigenvalue weighted by Gasteiger charge is 1.99. The molecular formula is C15H14N2O2S. The Hall–Kier alpha value is -2.40. The van der Waals surface area contributed by atoms with Crippen molar-refractivity contribution in [2.45, 2.75) is 0 Å². The van der Waals surface area contributed by atoms with Crippen LogP contribution < -0.4 is 10.1 Å². The second kappa shape index (κ2) is 7.25. The Balaban J connectivity index is 1.91. The number of methoxy groups -OCH3 is 1. The number of hydrogen-bond donors (Lipinski definition) is 1. The van der Waals surface area contributed by atoms with Crippen LogP contribution in [0.2, 0.25) is 0 Å². The molecular weight excluding hydrogens is 272 g/mol. The number of rotatable bonds is 4. The molecule has 0 heterocycles. The zero-order valence-electron chi connectivity index (χ0n) is 10.9. The topological polar surface area (TPSA) is 42.9 Å². The van der Waals surface area contributed by atoms with Crippen LogP contribution in [0.25, 0.3) is 0 Å². The van der Waals surface area contributed by atoms with Gasteiger partial charge in [-0.2, -0.15) is 0 Å². The van der Waals surface area contributed by atoms with Crippen LogP contribution in [0.3, 0.4) is 0 Å². The number of nitrogens with zero attached hydrogens (tertiary/aromatic N) is 1. The van der Waals surface area contributed by atoms with Crippen LogP contribution in [-0.2, 0) is 4.84 Å². The van der Waals surface area contributed by atoms with Gasteiger partial charge in [0.25, 0.3) is 5.17 Å². The predicted molar refractivity (Wildman–Crippen MR) is 84.3 cm³/mol. The monoisotopic (exact) mass is 286 g/mol. The van der Waals surface area contributed by atoms with Gasteiger partial charge < -0.3 is 14.9 Å². The van der Waals surface area contributed by atoms with Gasteiger partial charge in [-0.15, -0.1) is 0 Å². The van der Waals surface area contributed by atoms with Crippen molar-refractivity contribution in [3.8, 4) is 5.75 Å². The van der Waals surface area contributed by atoms with Gasteiger partial charge in [-0.3, -0.25) is 0 Å². The third-order valence-corrected chi connectivity index (χ3v) is 2.66. The van der Waals surface area contributed by atoms with Crippen molar-refractivity contribution in [1.29, 1.82) is 0 Å². The van der Waals surface area contributed by atoms with Crippen molar-refractivity contribution in [2.75, 3.05) is 12.4 Å². The van der Waals surface area contributed by atoms with Gasteiger partial charge in [0.15, 0.2) is 0 Å². The van der Waals surface area contributed by atoms with Gasteiger partial charge in [0.1, 0.15) is 5.75 Å². The summed E-state index contributed by atoms with van der Waals surface area (Å²) in [6.07, 6.45) is 1.55. The second-order valence-electron chi connectivity index (χ2n) is 3.85. The number of oxime groups is 1. The summed E-state index contributed by atoms with van der Waals surface area (Å²) in [5, 5.41) is 6.94. The molecule has 4 nitrogen and oxygen atoms in total. The minimum absolute atomic E-state index is 0.183. The maximum absolute atomic E-state index is 5.20. The number of para-hydroxylation sites is 2. The van der Waals surface area contributed by atoms with Crippen LogP contribution >= 0.6 is 12.2 Å². The molecule has 1 N–H and O–H groups in total. The highest BCUT2D eigenvalue weighted by atomic mass is 32.1. The number of thiocarbonyl (C=S) groups is 1. The lowest BCUT2D eigenvalue weighted by Crippen LogP contribution is -2.10. The van der Waals surface area contributed by atoms with E-state index in [2.05, 4.69) is 10.5 Å². The fourth-order valence-corrected chi connectivity index (χ4v) is 1.73. The molecule has 0 radical (unpaired) electrons. The molecule has 20 heavy (non-hydrogen) atoms. The maximum atomic E-state index is 5.20. The molecule has 0 fully saturated rings. The van der Waals surface area contributed by atoms with E-state index in [9.17, 15) is 0 Å². The van der Waals surface area contributed by atoms with Crippen molar-refractivity contribution in [2.24, 2.45) is 5.16 Å². The van der Waals surface area contributed by atoms with Gasteiger partial charge in [-0.1, -0.05) is 35.5 Å². The van der Waals surface area contributed by atoms with Gasteiger partial charge >= 0.3 is 0 Å². The van der Waals surface area contributed by atoms with Gasteiger partial charge in [-0.05, 0) is 36.5 Å². The predicted octanol–water partition coefficient (Wildman–Crippen LogP) is 3.44. The van der Waals surface area contributed by atoms with E-state index in [0.717, 1.165) is 17.0 Å². The lowest BCUT2D eigenvalue weighted by molar-refractivity contribution is 0.339. The first-order chi connectivity index (χ1) is 9.79. The first-order valence-corrected chi connectivity index (χ1v) is 6.40. The zero-order chi connectivity index (χ0) is 14.2. The number of ether oxygens (including phenoxy) is 1. The van der Waals surface area contributed by atoms with Crippen LogP contribution in [0.1, 0.15) is 5.56 Å². The van der Waals surface area contributed by atoms with E-state index in [1.54, 1.807) is 13.3 Å². The van der Waals surface area contributed by atoms with Gasteiger partial charge in [0, 0.05) is 11.3 Å². The third-order valence-electron chi connectivity index (χ3n) is 2.49. The van der Waals surface area contributed by atoms with Crippen LogP contribution in [0, 0.1) is 0 Å². The smallest absolute Gasteiger partial charge is 0.293 e. The Bertz CT molecular complexity index is 600. The largest absolute Gasteiger partial charge is 0.496 e. The van der Waals surface area contributed by atoms with E-state index in [1.807, 2.05) is 54.6 Å². The molecule has 0 atom stereocenters. The average Bonchev–Trinajstić information content (AvgIpc) is 2.49. The fourth-order valence-electron chi connectivity index (χ4n) is 1.57. The van der Waals surface area contributed by atoms with E-state index in [0.29, 0.717) is 0 Å². The highest BCUT2D eigenvalue weighted by Crippen LogP contribution is 2.14. The molecule has 0 aliphatic rings. The van der Waals surface area contributed by atoms with Crippen molar-refractivity contribution in [1.82, 2.24) is 0 Å². The molecule has 0 aromatic heterocycles. The molecule has 2 aromatic carbocycles. The maximum Gasteiger partial charge on any atom is 0.293 e. The molecule has 0 amide bonds. The van der Waals surface area contributed by atoms with E-state index in [4.69, 9.17) is 21.8 Å². The third kappa shape index (κ3) is 4.07. The molecule has 0 saturated heterocycles. The zero-order valence-corrected chi connectivity index (χ0v) is 11.8. The number of benzene rings is 2. The van der Waals surface area contributed by atoms with E-state index < -0.39 is 0 Å². The minimum Gasteiger partial charge on any atom is -0.496 e. The molecule has 0 bridgehead atoms. The second-order valence-corrected chi connectivity index (χ2v) is 4.22. The quantitative estimate of drug-likeness (QED) is 0.531. The molecule has 2 rings (SSSR count). The summed E-state index contributed by atoms with van der Waals surface area (Å²) in [5.41, 5.74) is 1.67. The number of nitrogens with one attached hydrogen (secondary N) is 1. The molecule has 0 saturated carbocycles. The standard InChI is InChI=1S/C15H14N2O2S/c1-18-14-10-6-5-7-12(14)11-16-19-15(20)17-13-8-3-2-4-9-13/h2-11H,1H3,(H,17,20). The van der Waals surface area contributed by atoms with E-state index >= 15 is 0 Å². The van der Waals surface area contributed by atoms with Crippen LogP contribution in [0.4, 0.5) is 5.69 Å². The lowest BCUT2D eigenvalue weighted by atomic mass is 10.2. The Labute approximate surface area is 123 Å². The SMILES string of the molecule is COc1ccccc1C=NOC(=S)Nc1ccccc1. The molecule has 102 valence electrons. The summed E-state index contributed by atoms with van der Waals surface area (Å²) in [6, 6.07) is 17.0. The molecule has 0 aliphatic carbocycles. The van der Waals surface area contributed by atoms with Crippen molar-refractivity contribution in [3.63, 3.8) is 0 Å². The summed E-state index contributed by atoms with van der Waals surface area (Å²) >= 11 is 5.03. The van der Waals surface area contributed by atoms with Crippen LogP contribution in [0.15, 0.2) is 59.8 Å². The molecule has 0 aliphatic heterocycles. The van der Waals surface area contributed by atoms with Gasteiger partial charge in [0.2, 0.25) is 0 Å². The van der Waals surface area contributed by atoms with Crippen molar-refractivity contribution >= 4 is 29.3 Å². The summed E-state index contributed by atoms with van der Waals surface area (Å²) in [4.78, 5) is 5.08. The van der Waals surface area contributed by atoms with Gasteiger partial charge in [-0.25, -0.2) is 0 Å². The first kappa shape index (κ1) is 14.0. The molecule has 0 spiro atoms. The summed E-state index contributed by atoms with van der Waals surface area (Å²) in [6.45, 7) is 0. The number of hydrogen-bond acceptors (Lipinski definition) is 4. The van der Waals surface area contributed by atoms with Crippen molar-refractivity contribution in [3.05, 3.63) is 60.2 Å². The van der Waals surface area contributed by atoms with Gasteiger partial charge in [0.05, 0.1) is 13.3 Å².